The first-order valence-corrected chi connectivity index (χ1v) is 9.18. The van der Waals surface area contributed by atoms with Crippen LogP contribution in [0.15, 0.2) is 48.7 Å². The number of nitriles is 1. The highest BCUT2D eigenvalue weighted by atomic mass is 16.5. The first-order chi connectivity index (χ1) is 14.6. The van der Waals surface area contributed by atoms with Gasteiger partial charge in [-0.2, -0.15) is 5.26 Å². The highest BCUT2D eigenvalue weighted by Crippen LogP contribution is 2.43. The molecule has 3 N–H and O–H groups in total. The van der Waals surface area contributed by atoms with Crippen LogP contribution in [-0.4, -0.2) is 31.3 Å². The maximum absolute atomic E-state index is 9.74. The van der Waals surface area contributed by atoms with Crippen molar-refractivity contribution in [2.75, 3.05) is 27.1 Å². The van der Waals surface area contributed by atoms with Crippen molar-refractivity contribution >= 4 is 16.7 Å². The van der Waals surface area contributed by atoms with Crippen molar-refractivity contribution in [3.8, 4) is 45.7 Å². The number of methoxy groups -OCH3 is 3. The minimum Gasteiger partial charge on any atom is -0.493 e. The summed E-state index contributed by atoms with van der Waals surface area (Å²) in [5.41, 5.74) is 10.4. The predicted octanol–water partition coefficient (Wildman–Crippen LogP) is 4.38. The number of para-hydroxylation sites is 1. The van der Waals surface area contributed by atoms with Crippen LogP contribution < -0.4 is 19.9 Å². The van der Waals surface area contributed by atoms with E-state index >= 15 is 0 Å². The van der Waals surface area contributed by atoms with Crippen LogP contribution in [0.25, 0.3) is 33.3 Å². The number of nitrogens with two attached hydrogens (primary N) is 1. The summed E-state index contributed by atoms with van der Waals surface area (Å²) < 4.78 is 16.3. The number of ether oxygens (including phenoxy) is 3. The van der Waals surface area contributed by atoms with E-state index in [1.807, 2.05) is 36.5 Å². The van der Waals surface area contributed by atoms with Crippen molar-refractivity contribution < 1.29 is 14.2 Å². The molecule has 0 aliphatic heterocycles. The Kier molecular flexibility index (Phi) is 4.90. The van der Waals surface area contributed by atoms with E-state index in [0.717, 1.165) is 16.5 Å². The number of nitrogens with one attached hydrogen (secondary N) is 1. The Morgan fingerprint density at radius 2 is 1.67 bits per heavy atom. The average molecular weight is 400 g/mol. The second kappa shape index (κ2) is 7.68. The van der Waals surface area contributed by atoms with Gasteiger partial charge in [-0.05, 0) is 29.8 Å². The van der Waals surface area contributed by atoms with E-state index < -0.39 is 0 Å². The molecule has 0 unspecified atom stereocenters. The van der Waals surface area contributed by atoms with E-state index in [4.69, 9.17) is 19.9 Å². The van der Waals surface area contributed by atoms with Gasteiger partial charge in [0.2, 0.25) is 5.75 Å². The van der Waals surface area contributed by atoms with E-state index in [1.54, 1.807) is 33.5 Å². The summed E-state index contributed by atoms with van der Waals surface area (Å²) in [6.07, 6.45) is 1.89. The zero-order valence-corrected chi connectivity index (χ0v) is 16.8. The third-order valence-corrected chi connectivity index (χ3v) is 5.00. The van der Waals surface area contributed by atoms with Gasteiger partial charge in [-0.15, -0.1) is 0 Å². The Morgan fingerprint density at radius 1 is 0.967 bits per heavy atom. The normalized spacial score (nSPS) is 10.6. The molecule has 0 saturated heterocycles. The molecule has 0 bridgehead atoms. The molecule has 4 rings (SSSR count). The fraction of sp³-hybridized carbons (Fsp3) is 0.130. The molecule has 0 radical (unpaired) electrons. The number of aromatic amines is 1. The van der Waals surface area contributed by atoms with Gasteiger partial charge in [-0.1, -0.05) is 18.2 Å². The van der Waals surface area contributed by atoms with E-state index in [9.17, 15) is 5.26 Å². The van der Waals surface area contributed by atoms with Gasteiger partial charge in [0.15, 0.2) is 11.5 Å². The highest BCUT2D eigenvalue weighted by molar-refractivity contribution is 5.96. The first kappa shape index (κ1) is 19.2. The maximum atomic E-state index is 9.74. The number of H-pyrrole nitrogens is 1. The van der Waals surface area contributed by atoms with Crippen LogP contribution >= 0.6 is 0 Å². The summed E-state index contributed by atoms with van der Waals surface area (Å²) in [6, 6.07) is 15.5. The van der Waals surface area contributed by atoms with Gasteiger partial charge >= 0.3 is 0 Å². The smallest absolute Gasteiger partial charge is 0.203 e. The number of fused-ring (bicyclic) bond motifs is 1. The minimum atomic E-state index is 0.157. The van der Waals surface area contributed by atoms with Gasteiger partial charge in [0.05, 0.1) is 27.0 Å². The zero-order chi connectivity index (χ0) is 21.3. The summed E-state index contributed by atoms with van der Waals surface area (Å²) in [4.78, 5) is 7.73. The highest BCUT2D eigenvalue weighted by Gasteiger charge is 2.19. The lowest BCUT2D eigenvalue weighted by molar-refractivity contribution is 0.324. The number of anilines is 1. The molecule has 2 heterocycles. The third-order valence-electron chi connectivity index (χ3n) is 5.00. The molecule has 0 amide bonds. The molecule has 4 aromatic rings. The van der Waals surface area contributed by atoms with Gasteiger partial charge in [-0.25, -0.2) is 4.98 Å². The molecule has 150 valence electrons. The van der Waals surface area contributed by atoms with Gasteiger partial charge in [0.1, 0.15) is 17.5 Å². The van der Waals surface area contributed by atoms with Crippen LogP contribution in [0.4, 0.5) is 5.82 Å². The van der Waals surface area contributed by atoms with Gasteiger partial charge in [-0.3, -0.25) is 0 Å². The van der Waals surface area contributed by atoms with Crippen LogP contribution in [0.3, 0.4) is 0 Å². The number of nitrogens with zero attached hydrogens (tertiary/aromatic N) is 2. The number of aromatic nitrogens is 2. The van der Waals surface area contributed by atoms with Crippen LogP contribution in [0.2, 0.25) is 0 Å². The van der Waals surface area contributed by atoms with Gasteiger partial charge in [0, 0.05) is 28.2 Å². The Hall–Kier alpha value is -4.18. The summed E-state index contributed by atoms with van der Waals surface area (Å²) in [7, 11) is 4.63. The molecular weight excluding hydrogens is 380 g/mol. The Balaban J connectivity index is 1.98. The molecule has 0 atom stereocenters. The second-order valence-electron chi connectivity index (χ2n) is 6.59. The molecule has 0 spiro atoms. The molecular formula is C23H20N4O3. The zero-order valence-electron chi connectivity index (χ0n) is 16.8. The average Bonchev–Trinajstić information content (AvgIpc) is 3.21. The fourth-order valence-electron chi connectivity index (χ4n) is 3.57. The standard InChI is InChI=1S/C23H20N4O3/c1-28-20-8-13(9-21(29-2)22(20)30-3)15-10-19(27-23(25)16(15)11-24)17-12-26-18-7-5-4-6-14(17)18/h4-10,12,26H,1-3H3,(H2,25,27). The summed E-state index contributed by atoms with van der Waals surface area (Å²) in [6.45, 7) is 0. The summed E-state index contributed by atoms with van der Waals surface area (Å²) in [5, 5.41) is 10.8. The summed E-state index contributed by atoms with van der Waals surface area (Å²) in [5.74, 6) is 1.60. The van der Waals surface area contributed by atoms with E-state index in [2.05, 4.69) is 16.0 Å². The molecule has 0 saturated carbocycles. The number of pyridine rings is 1. The molecule has 0 aliphatic rings. The summed E-state index contributed by atoms with van der Waals surface area (Å²) >= 11 is 0. The van der Waals surface area contributed by atoms with Gasteiger partial charge in [0.25, 0.3) is 0 Å². The van der Waals surface area contributed by atoms with Crippen LogP contribution in [-0.2, 0) is 0 Å². The fourth-order valence-corrected chi connectivity index (χ4v) is 3.57. The lowest BCUT2D eigenvalue weighted by Crippen LogP contribution is -2.01. The predicted molar refractivity (Wildman–Crippen MR) is 116 cm³/mol. The number of benzene rings is 2. The van der Waals surface area contributed by atoms with E-state index in [1.165, 1.54) is 0 Å². The monoisotopic (exact) mass is 400 g/mol. The van der Waals surface area contributed by atoms with Gasteiger partial charge < -0.3 is 24.9 Å². The number of hydrogen-bond acceptors (Lipinski definition) is 6. The SMILES string of the molecule is COc1cc(-c2cc(-c3c[nH]c4ccccc34)nc(N)c2C#N)cc(OC)c1OC. The number of nitrogen functional groups attached to an aromatic ring is 1. The van der Waals surface area contributed by atoms with Crippen LogP contribution in [0.5, 0.6) is 17.2 Å². The molecule has 2 aromatic carbocycles. The van der Waals surface area contributed by atoms with E-state index in [0.29, 0.717) is 34.1 Å². The van der Waals surface area contributed by atoms with Crippen molar-refractivity contribution in [1.82, 2.24) is 9.97 Å². The quantitative estimate of drug-likeness (QED) is 0.515. The molecule has 0 aliphatic carbocycles. The largest absolute Gasteiger partial charge is 0.493 e. The molecule has 0 fully saturated rings. The first-order valence-electron chi connectivity index (χ1n) is 9.18. The van der Waals surface area contributed by atoms with Crippen LogP contribution in [0.1, 0.15) is 5.56 Å². The van der Waals surface area contributed by atoms with Crippen molar-refractivity contribution in [2.24, 2.45) is 0 Å². The van der Waals surface area contributed by atoms with Crippen molar-refractivity contribution in [2.45, 2.75) is 0 Å². The number of hydrogen-bond donors (Lipinski definition) is 2. The Morgan fingerprint density at radius 3 is 2.30 bits per heavy atom. The topological polar surface area (TPSA) is 106 Å². The molecule has 30 heavy (non-hydrogen) atoms. The minimum absolute atomic E-state index is 0.157. The third kappa shape index (κ3) is 3.05. The lowest BCUT2D eigenvalue weighted by Gasteiger charge is -2.16. The number of rotatable bonds is 5. The molecule has 2 aromatic heterocycles. The van der Waals surface area contributed by atoms with Crippen LogP contribution in [0, 0.1) is 11.3 Å². The van der Waals surface area contributed by atoms with Crippen molar-refractivity contribution in [3.63, 3.8) is 0 Å². The molecule has 7 nitrogen and oxygen atoms in total. The van der Waals surface area contributed by atoms with Crippen molar-refractivity contribution in [1.29, 1.82) is 5.26 Å². The lowest BCUT2D eigenvalue weighted by atomic mass is 9.97. The van der Waals surface area contributed by atoms with E-state index in [-0.39, 0.29) is 11.4 Å². The Bertz CT molecular complexity index is 1260. The van der Waals surface area contributed by atoms with Crippen molar-refractivity contribution in [3.05, 3.63) is 54.2 Å². The maximum Gasteiger partial charge on any atom is 0.203 e. The molecule has 7 heteroatoms. The Labute approximate surface area is 173 Å². The second-order valence-corrected chi connectivity index (χ2v) is 6.59.